The zero-order chi connectivity index (χ0) is 34.7. The molecule has 3 aromatic rings. The summed E-state index contributed by atoms with van der Waals surface area (Å²) in [6, 6.07) is 10.6. The van der Waals surface area contributed by atoms with Gasteiger partial charge in [-0.1, -0.05) is 56.3 Å². The maximum absolute atomic E-state index is 14.0. The Labute approximate surface area is 274 Å². The predicted molar refractivity (Wildman–Crippen MR) is 176 cm³/mol. The van der Waals surface area contributed by atoms with Crippen LogP contribution in [-0.2, 0) is 36.8 Å². The summed E-state index contributed by atoms with van der Waals surface area (Å²) in [5.41, 5.74) is 1.36. The van der Waals surface area contributed by atoms with Crippen LogP contribution >= 0.6 is 0 Å². The number of urea groups is 1. The molecule has 0 aliphatic carbocycles. The van der Waals surface area contributed by atoms with E-state index in [0.717, 1.165) is 21.2 Å². The number of carbonyl (C=O) groups is 5. The molecule has 5 amide bonds. The Kier molecular flexibility index (Phi) is 13.4. The standard InChI is InChI=1S/C34H46N6O7/c1-20(2)14-27(30(42)33(45)47-21(3)4)38-32(44)28(17-25-18-36-19-37-25)39-31(43)24(16-29(41)40(6)34(46)35-5)15-23-12-9-11-22-10-7-8-13-26(22)23/h7-13,18-21,24,27-28,30,42H,14-17H2,1-6H3,(H,35,46)(H,36,37)(H,38,44)(H,39,43)/t24?,27-,28-,30?/m0/s1. The van der Waals surface area contributed by atoms with Gasteiger partial charge in [0.05, 0.1) is 24.4 Å². The van der Waals surface area contributed by atoms with Gasteiger partial charge in [0, 0.05) is 38.8 Å². The molecule has 5 N–H and O–H groups in total. The molecule has 0 aliphatic rings. The number of carbonyl (C=O) groups excluding carboxylic acids is 5. The van der Waals surface area contributed by atoms with Gasteiger partial charge in [0.25, 0.3) is 0 Å². The zero-order valence-electron chi connectivity index (χ0n) is 27.8. The number of aliphatic hydroxyl groups is 1. The molecule has 1 heterocycles. The maximum atomic E-state index is 14.0. The van der Waals surface area contributed by atoms with E-state index in [1.807, 2.05) is 56.3 Å². The number of hydrogen-bond donors (Lipinski definition) is 5. The van der Waals surface area contributed by atoms with Crippen LogP contribution in [0.25, 0.3) is 10.8 Å². The van der Waals surface area contributed by atoms with Gasteiger partial charge in [-0.2, -0.15) is 0 Å². The Morgan fingerprint density at radius 3 is 2.30 bits per heavy atom. The van der Waals surface area contributed by atoms with Gasteiger partial charge < -0.3 is 30.8 Å². The third-order valence-corrected chi connectivity index (χ3v) is 7.67. The molecule has 2 aromatic carbocycles. The Morgan fingerprint density at radius 1 is 0.957 bits per heavy atom. The first-order valence-electron chi connectivity index (χ1n) is 15.7. The molecule has 1 aromatic heterocycles. The molecular weight excluding hydrogens is 604 g/mol. The number of ether oxygens (including phenoxy) is 1. The Morgan fingerprint density at radius 2 is 1.66 bits per heavy atom. The van der Waals surface area contributed by atoms with E-state index in [1.54, 1.807) is 13.8 Å². The highest BCUT2D eigenvalue weighted by atomic mass is 16.6. The third kappa shape index (κ3) is 10.6. The summed E-state index contributed by atoms with van der Waals surface area (Å²) in [6.07, 6.45) is 0.952. The van der Waals surface area contributed by atoms with E-state index < -0.39 is 59.9 Å². The van der Waals surface area contributed by atoms with Gasteiger partial charge in [0.15, 0.2) is 6.10 Å². The van der Waals surface area contributed by atoms with Gasteiger partial charge in [-0.3, -0.25) is 19.3 Å². The van der Waals surface area contributed by atoms with E-state index in [1.165, 1.54) is 26.6 Å². The molecule has 13 nitrogen and oxygen atoms in total. The number of H-pyrrole nitrogens is 1. The average Bonchev–Trinajstić information content (AvgIpc) is 3.55. The quantitative estimate of drug-likeness (QED) is 0.156. The third-order valence-electron chi connectivity index (χ3n) is 7.67. The zero-order valence-corrected chi connectivity index (χ0v) is 27.8. The Balaban J connectivity index is 1.93. The molecular formula is C34H46N6O7. The number of benzene rings is 2. The van der Waals surface area contributed by atoms with E-state index in [0.29, 0.717) is 5.69 Å². The number of imide groups is 1. The van der Waals surface area contributed by atoms with E-state index in [4.69, 9.17) is 4.74 Å². The number of aromatic amines is 1. The normalized spacial score (nSPS) is 13.8. The first-order chi connectivity index (χ1) is 22.3. The monoisotopic (exact) mass is 650 g/mol. The van der Waals surface area contributed by atoms with Crippen LogP contribution in [-0.4, -0.2) is 88.1 Å². The summed E-state index contributed by atoms with van der Waals surface area (Å²) in [4.78, 5) is 73.6. The fourth-order valence-corrected chi connectivity index (χ4v) is 5.26. The minimum Gasteiger partial charge on any atom is -0.461 e. The van der Waals surface area contributed by atoms with Crippen molar-refractivity contribution >= 4 is 40.5 Å². The highest BCUT2D eigenvalue weighted by molar-refractivity contribution is 5.97. The van der Waals surface area contributed by atoms with Crippen molar-refractivity contribution in [2.75, 3.05) is 14.1 Å². The summed E-state index contributed by atoms with van der Waals surface area (Å²) in [5.74, 6) is -3.65. The number of nitrogens with one attached hydrogen (secondary N) is 4. The maximum Gasteiger partial charge on any atom is 0.337 e. The van der Waals surface area contributed by atoms with Crippen LogP contribution in [0.3, 0.4) is 0 Å². The van der Waals surface area contributed by atoms with Gasteiger partial charge in [-0.15, -0.1) is 0 Å². The summed E-state index contributed by atoms with van der Waals surface area (Å²) in [7, 11) is 2.73. The van der Waals surface area contributed by atoms with Crippen LogP contribution in [0.5, 0.6) is 0 Å². The number of aromatic nitrogens is 2. The minimum atomic E-state index is -1.63. The number of aliphatic hydroxyl groups excluding tert-OH is 1. The second kappa shape index (κ2) is 17.2. The van der Waals surface area contributed by atoms with E-state index in [2.05, 4.69) is 25.9 Å². The van der Waals surface area contributed by atoms with Crippen LogP contribution in [0.15, 0.2) is 55.0 Å². The molecule has 254 valence electrons. The molecule has 2 unspecified atom stereocenters. The molecule has 3 rings (SSSR count). The van der Waals surface area contributed by atoms with Gasteiger partial charge in [-0.25, -0.2) is 14.6 Å². The molecule has 0 radical (unpaired) electrons. The number of esters is 1. The summed E-state index contributed by atoms with van der Waals surface area (Å²) in [6.45, 7) is 7.08. The number of nitrogens with zero attached hydrogens (tertiary/aromatic N) is 2. The number of imidazole rings is 1. The Bertz CT molecular complexity index is 1520. The van der Waals surface area contributed by atoms with Crippen molar-refractivity contribution in [2.45, 2.75) is 77.7 Å². The SMILES string of the molecule is CNC(=O)N(C)C(=O)CC(Cc1cccc2ccccc12)C(=O)N[C@@H](Cc1cnc[nH]1)C(=O)N[C@@H](CC(C)C)C(O)C(=O)OC(C)C. The fraction of sp³-hybridized carbons (Fsp3) is 0.471. The van der Waals surface area contributed by atoms with Gasteiger partial charge in [0.2, 0.25) is 17.7 Å². The van der Waals surface area contributed by atoms with E-state index >= 15 is 0 Å². The second-order valence-corrected chi connectivity index (χ2v) is 12.3. The lowest BCUT2D eigenvalue weighted by atomic mass is 9.91. The van der Waals surface area contributed by atoms with E-state index in [-0.39, 0.29) is 31.6 Å². The lowest BCUT2D eigenvalue weighted by molar-refractivity contribution is -0.159. The molecule has 0 spiro atoms. The molecule has 47 heavy (non-hydrogen) atoms. The van der Waals surface area contributed by atoms with Gasteiger partial charge in [0.1, 0.15) is 6.04 Å². The van der Waals surface area contributed by atoms with Gasteiger partial charge >= 0.3 is 12.0 Å². The van der Waals surface area contributed by atoms with Crippen LogP contribution in [0, 0.1) is 11.8 Å². The summed E-state index contributed by atoms with van der Waals surface area (Å²) < 4.78 is 5.18. The minimum absolute atomic E-state index is 0.00385. The molecule has 13 heteroatoms. The smallest absolute Gasteiger partial charge is 0.337 e. The van der Waals surface area contributed by atoms with Gasteiger partial charge in [-0.05, 0) is 48.9 Å². The topological polar surface area (TPSA) is 183 Å². The molecule has 0 aliphatic heterocycles. The average molecular weight is 651 g/mol. The highest BCUT2D eigenvalue weighted by Crippen LogP contribution is 2.23. The summed E-state index contributed by atoms with van der Waals surface area (Å²) >= 11 is 0. The number of hydrogen-bond acceptors (Lipinski definition) is 8. The highest BCUT2D eigenvalue weighted by Gasteiger charge is 2.34. The van der Waals surface area contributed by atoms with Crippen molar-refractivity contribution in [3.8, 4) is 0 Å². The number of fused-ring (bicyclic) bond motifs is 1. The van der Waals surface area contributed by atoms with Crippen molar-refractivity contribution in [2.24, 2.45) is 11.8 Å². The lowest BCUT2D eigenvalue weighted by Crippen LogP contribution is -2.56. The largest absolute Gasteiger partial charge is 0.461 e. The van der Waals surface area contributed by atoms with E-state index in [9.17, 15) is 29.1 Å². The molecule has 4 atom stereocenters. The van der Waals surface area contributed by atoms with Crippen LogP contribution in [0.2, 0.25) is 0 Å². The van der Waals surface area contributed by atoms with Crippen molar-refractivity contribution in [1.29, 1.82) is 0 Å². The fourth-order valence-electron chi connectivity index (χ4n) is 5.26. The molecule has 0 bridgehead atoms. The number of amides is 5. The Hall–Kier alpha value is -4.78. The van der Waals surface area contributed by atoms with Crippen LogP contribution in [0.1, 0.15) is 51.8 Å². The van der Waals surface area contributed by atoms with Crippen molar-refractivity contribution in [1.82, 2.24) is 30.8 Å². The first kappa shape index (κ1) is 36.7. The predicted octanol–water partition coefficient (Wildman–Crippen LogP) is 2.48. The molecule has 0 fully saturated rings. The lowest BCUT2D eigenvalue weighted by Gasteiger charge is -2.28. The number of rotatable bonds is 15. The summed E-state index contributed by atoms with van der Waals surface area (Å²) in [5, 5.41) is 20.7. The second-order valence-electron chi connectivity index (χ2n) is 12.3. The van der Waals surface area contributed by atoms with Crippen molar-refractivity contribution in [3.05, 3.63) is 66.2 Å². The van der Waals surface area contributed by atoms with Crippen LogP contribution < -0.4 is 16.0 Å². The van der Waals surface area contributed by atoms with Crippen LogP contribution in [0.4, 0.5) is 4.79 Å². The van der Waals surface area contributed by atoms with Crippen molar-refractivity contribution < 1.29 is 33.8 Å². The molecule has 0 saturated heterocycles. The molecule has 0 saturated carbocycles. The first-order valence-corrected chi connectivity index (χ1v) is 15.7. The van der Waals surface area contributed by atoms with Crippen molar-refractivity contribution in [3.63, 3.8) is 0 Å².